The van der Waals surface area contributed by atoms with Gasteiger partial charge in [-0.15, -0.1) is 0 Å². The summed E-state index contributed by atoms with van der Waals surface area (Å²) in [5.41, 5.74) is 1.44. The molecular weight excluding hydrogens is 278 g/mol. The Kier molecular flexibility index (Phi) is 3.32. The molecule has 1 atom stereocenters. The normalized spacial score (nSPS) is 12.2. The number of rotatable bonds is 3. The van der Waals surface area contributed by atoms with Crippen molar-refractivity contribution in [3.05, 3.63) is 42.7 Å². The van der Waals surface area contributed by atoms with Gasteiger partial charge in [0.1, 0.15) is 11.0 Å². The highest BCUT2D eigenvalue weighted by atomic mass is 32.2. The first-order valence-electron chi connectivity index (χ1n) is 5.61. The van der Waals surface area contributed by atoms with Crippen molar-refractivity contribution in [2.75, 3.05) is 0 Å². The molecule has 3 aromatic rings. The van der Waals surface area contributed by atoms with Gasteiger partial charge in [-0.3, -0.25) is 0 Å². The second kappa shape index (κ2) is 5.27. The first-order chi connectivity index (χ1) is 9.74. The van der Waals surface area contributed by atoms with Crippen LogP contribution in [0.25, 0.3) is 22.8 Å². The Morgan fingerprint density at radius 2 is 1.85 bits per heavy atom. The largest absolute Gasteiger partial charge is 0.334 e. The fraction of sp³-hybridized carbons (Fsp3) is 0. The van der Waals surface area contributed by atoms with Gasteiger partial charge in [-0.05, 0) is 30.3 Å². The van der Waals surface area contributed by atoms with E-state index in [4.69, 9.17) is 9.66 Å². The first kappa shape index (κ1) is 12.6. The number of nitrogens with two attached hydrogens (primary N) is 1. The van der Waals surface area contributed by atoms with Crippen LogP contribution in [0.2, 0.25) is 0 Å². The van der Waals surface area contributed by atoms with Crippen LogP contribution in [0.5, 0.6) is 0 Å². The monoisotopic (exact) mass is 287 g/mol. The lowest BCUT2D eigenvalue weighted by molar-refractivity contribution is 0.432. The lowest BCUT2D eigenvalue weighted by atomic mass is 10.2. The molecule has 7 nitrogen and oxygen atoms in total. The van der Waals surface area contributed by atoms with Gasteiger partial charge < -0.3 is 4.52 Å². The van der Waals surface area contributed by atoms with Gasteiger partial charge in [-0.2, -0.15) is 15.2 Å². The fourth-order valence-corrected chi connectivity index (χ4v) is 2.02. The van der Waals surface area contributed by atoms with Crippen LogP contribution in [0.4, 0.5) is 0 Å². The molecule has 1 unspecified atom stereocenters. The minimum atomic E-state index is -1.50. The molecule has 0 aliphatic carbocycles. The average molecular weight is 287 g/mol. The Labute approximate surface area is 116 Å². The van der Waals surface area contributed by atoms with Crippen LogP contribution in [-0.4, -0.2) is 24.5 Å². The summed E-state index contributed by atoms with van der Waals surface area (Å²) in [6, 6.07) is 8.52. The summed E-state index contributed by atoms with van der Waals surface area (Å²) in [7, 11) is -1.50. The molecule has 0 amide bonds. The van der Waals surface area contributed by atoms with Crippen LogP contribution >= 0.6 is 0 Å². The van der Waals surface area contributed by atoms with Crippen LogP contribution in [0.15, 0.2) is 52.1 Å². The summed E-state index contributed by atoms with van der Waals surface area (Å²) >= 11 is 0. The van der Waals surface area contributed by atoms with E-state index in [-0.39, 0.29) is 0 Å². The number of hydrogen-bond acceptors (Lipinski definition) is 6. The second-order valence-electron chi connectivity index (χ2n) is 3.88. The number of hydrogen-bond donors (Lipinski definition) is 1. The van der Waals surface area contributed by atoms with E-state index in [1.54, 1.807) is 36.5 Å². The summed E-state index contributed by atoms with van der Waals surface area (Å²) < 4.78 is 16.3. The van der Waals surface area contributed by atoms with Crippen LogP contribution in [-0.2, 0) is 11.0 Å². The van der Waals surface area contributed by atoms with Crippen molar-refractivity contribution < 1.29 is 8.73 Å². The maximum Gasteiger partial charge on any atom is 0.259 e. The van der Waals surface area contributed by atoms with E-state index in [9.17, 15) is 4.21 Å². The third kappa shape index (κ3) is 2.46. The highest BCUT2D eigenvalue weighted by Gasteiger charge is 2.11. The second-order valence-corrected chi connectivity index (χ2v) is 4.94. The van der Waals surface area contributed by atoms with Gasteiger partial charge >= 0.3 is 0 Å². The molecule has 8 heteroatoms. The average Bonchev–Trinajstić information content (AvgIpc) is 2.98. The molecule has 0 saturated carbocycles. The van der Waals surface area contributed by atoms with Gasteiger partial charge in [0.05, 0.1) is 22.9 Å². The van der Waals surface area contributed by atoms with Crippen LogP contribution < -0.4 is 5.14 Å². The molecule has 20 heavy (non-hydrogen) atoms. The molecule has 2 heterocycles. The van der Waals surface area contributed by atoms with E-state index in [2.05, 4.69) is 20.3 Å². The maximum atomic E-state index is 11.1. The van der Waals surface area contributed by atoms with Gasteiger partial charge in [-0.1, -0.05) is 5.16 Å². The van der Waals surface area contributed by atoms with E-state index in [1.807, 2.05) is 0 Å². The molecule has 0 aliphatic rings. The van der Waals surface area contributed by atoms with E-state index in [0.717, 1.165) is 5.56 Å². The molecular formula is C12H9N5O2S. The Bertz CT molecular complexity index is 742. The third-order valence-corrected chi connectivity index (χ3v) is 3.34. The Morgan fingerprint density at radius 3 is 2.50 bits per heavy atom. The molecule has 0 radical (unpaired) electrons. The maximum absolute atomic E-state index is 11.1. The van der Waals surface area contributed by atoms with Crippen LogP contribution in [0, 0.1) is 0 Å². The first-order valence-corrected chi connectivity index (χ1v) is 6.83. The zero-order valence-corrected chi connectivity index (χ0v) is 10.9. The molecule has 0 aliphatic heterocycles. The van der Waals surface area contributed by atoms with E-state index in [0.29, 0.717) is 22.2 Å². The van der Waals surface area contributed by atoms with Crippen molar-refractivity contribution in [1.82, 2.24) is 20.3 Å². The van der Waals surface area contributed by atoms with Crippen molar-refractivity contribution in [3.8, 4) is 22.8 Å². The predicted octanol–water partition coefficient (Wildman–Crippen LogP) is 1.17. The third-order valence-electron chi connectivity index (χ3n) is 2.60. The summed E-state index contributed by atoms with van der Waals surface area (Å²) in [6.07, 6.45) is 3.09. The highest BCUT2D eigenvalue weighted by Crippen LogP contribution is 2.21. The number of nitrogens with zero attached hydrogens (tertiary/aromatic N) is 4. The fourth-order valence-electron chi connectivity index (χ4n) is 1.61. The zero-order valence-electron chi connectivity index (χ0n) is 10.1. The minimum Gasteiger partial charge on any atom is -0.334 e. The molecule has 0 bridgehead atoms. The topological polar surface area (TPSA) is 108 Å². The van der Waals surface area contributed by atoms with E-state index < -0.39 is 11.0 Å². The van der Waals surface area contributed by atoms with Crippen molar-refractivity contribution >= 4 is 11.0 Å². The molecule has 3 rings (SSSR count). The lowest BCUT2D eigenvalue weighted by Crippen LogP contribution is -2.01. The van der Waals surface area contributed by atoms with Crippen molar-refractivity contribution in [2.24, 2.45) is 5.14 Å². The van der Waals surface area contributed by atoms with Crippen LogP contribution in [0.1, 0.15) is 0 Å². The number of benzene rings is 1. The molecule has 0 spiro atoms. The Hall–Kier alpha value is -2.45. The van der Waals surface area contributed by atoms with E-state index >= 15 is 0 Å². The standard InChI is InChI=1S/C12H9N5O2S/c13-20(18)10-3-1-8(2-4-10)11-16-12(19-17-11)9-5-6-14-15-7-9/h1-7H,13H2. The smallest absolute Gasteiger partial charge is 0.259 e. The molecule has 100 valence electrons. The van der Waals surface area contributed by atoms with Gasteiger partial charge in [0.15, 0.2) is 0 Å². The van der Waals surface area contributed by atoms with E-state index in [1.165, 1.54) is 6.20 Å². The van der Waals surface area contributed by atoms with Crippen molar-refractivity contribution in [3.63, 3.8) is 0 Å². The molecule has 0 saturated heterocycles. The predicted molar refractivity (Wildman–Crippen MR) is 71.4 cm³/mol. The molecule has 1 aromatic carbocycles. The summed E-state index contributed by atoms with van der Waals surface area (Å²) in [5.74, 6) is 0.799. The molecule has 2 N–H and O–H groups in total. The van der Waals surface area contributed by atoms with Gasteiger partial charge in [0.2, 0.25) is 5.82 Å². The SMILES string of the molecule is NS(=O)c1ccc(-c2noc(-c3ccnnc3)n2)cc1. The molecule has 0 fully saturated rings. The highest BCUT2D eigenvalue weighted by molar-refractivity contribution is 7.82. The van der Waals surface area contributed by atoms with Gasteiger partial charge in [0.25, 0.3) is 5.89 Å². The van der Waals surface area contributed by atoms with Crippen molar-refractivity contribution in [2.45, 2.75) is 4.90 Å². The summed E-state index contributed by atoms with van der Waals surface area (Å²) in [4.78, 5) is 4.81. The Balaban J connectivity index is 1.92. The lowest BCUT2D eigenvalue weighted by Gasteiger charge is -1.97. The van der Waals surface area contributed by atoms with Gasteiger partial charge in [-0.25, -0.2) is 9.35 Å². The molecule has 2 aromatic heterocycles. The van der Waals surface area contributed by atoms with Crippen molar-refractivity contribution in [1.29, 1.82) is 0 Å². The minimum absolute atomic E-state index is 0.362. The summed E-state index contributed by atoms with van der Waals surface area (Å²) in [6.45, 7) is 0. The summed E-state index contributed by atoms with van der Waals surface area (Å²) in [5, 5.41) is 16.6. The Morgan fingerprint density at radius 1 is 1.05 bits per heavy atom. The zero-order chi connectivity index (χ0) is 13.9. The quantitative estimate of drug-likeness (QED) is 0.774. The van der Waals surface area contributed by atoms with Crippen LogP contribution in [0.3, 0.4) is 0 Å². The van der Waals surface area contributed by atoms with Gasteiger partial charge in [0, 0.05) is 5.56 Å². The number of aromatic nitrogens is 4.